The van der Waals surface area contributed by atoms with Gasteiger partial charge in [0.05, 0.1) is 16.5 Å². The van der Waals surface area contributed by atoms with E-state index in [1.54, 1.807) is 24.3 Å². The number of nitrogens with zero attached hydrogens (tertiary/aromatic N) is 1. The van der Waals surface area contributed by atoms with E-state index in [0.29, 0.717) is 41.6 Å². The van der Waals surface area contributed by atoms with E-state index in [0.717, 1.165) is 0 Å². The first-order valence-electron chi connectivity index (χ1n) is 10.3. The highest BCUT2D eigenvalue weighted by Gasteiger charge is 2.33. The summed E-state index contributed by atoms with van der Waals surface area (Å²) in [5.74, 6) is 0.487. The summed E-state index contributed by atoms with van der Waals surface area (Å²) in [6.07, 6.45) is 1.22. The lowest BCUT2D eigenvalue weighted by molar-refractivity contribution is -0.120. The average molecular weight is 471 g/mol. The number of sulfonamides is 1. The SMILES string of the molecule is O=C(Nc1ccccc1Oc1ccccc1)[C@H]1CCCN(S(=O)(=O)c2ccc(Cl)cc2)C1. The second-order valence-corrected chi connectivity index (χ2v) is 9.93. The fourth-order valence-electron chi connectivity index (χ4n) is 3.64. The number of nitrogens with one attached hydrogen (secondary N) is 1. The van der Waals surface area contributed by atoms with Crippen LogP contribution in [-0.2, 0) is 14.8 Å². The van der Waals surface area contributed by atoms with Gasteiger partial charge >= 0.3 is 0 Å². The Morgan fingerprint density at radius 1 is 0.969 bits per heavy atom. The number of rotatable bonds is 6. The number of hydrogen-bond donors (Lipinski definition) is 1. The summed E-state index contributed by atoms with van der Waals surface area (Å²) >= 11 is 5.88. The van der Waals surface area contributed by atoms with Crippen molar-refractivity contribution in [2.75, 3.05) is 18.4 Å². The number of carbonyl (C=O) groups is 1. The molecular weight excluding hydrogens is 448 g/mol. The molecule has 8 heteroatoms. The molecule has 0 saturated carbocycles. The van der Waals surface area contributed by atoms with Crippen LogP contribution in [0.2, 0.25) is 5.02 Å². The van der Waals surface area contributed by atoms with E-state index in [1.807, 2.05) is 42.5 Å². The zero-order valence-electron chi connectivity index (χ0n) is 17.3. The lowest BCUT2D eigenvalue weighted by Gasteiger charge is -2.31. The Labute approximate surface area is 192 Å². The Kier molecular flexibility index (Phi) is 6.79. The maximum absolute atomic E-state index is 13.0. The Bertz CT molecular complexity index is 1180. The topological polar surface area (TPSA) is 75.7 Å². The molecule has 0 spiro atoms. The first-order valence-corrected chi connectivity index (χ1v) is 12.1. The minimum absolute atomic E-state index is 0.124. The Morgan fingerprint density at radius 2 is 1.66 bits per heavy atom. The predicted octanol–water partition coefficient (Wildman–Crippen LogP) is 5.17. The second kappa shape index (κ2) is 9.73. The van der Waals surface area contributed by atoms with Gasteiger partial charge in [0.2, 0.25) is 15.9 Å². The first-order chi connectivity index (χ1) is 15.4. The van der Waals surface area contributed by atoms with Crippen molar-refractivity contribution >= 4 is 33.2 Å². The standard InChI is InChI=1S/C24H23ClN2O4S/c25-19-12-14-21(15-13-19)32(29,30)27-16-6-7-18(17-27)24(28)26-22-10-4-5-11-23(22)31-20-8-2-1-3-9-20/h1-5,8-15,18H,6-7,16-17H2,(H,26,28)/t18-/m0/s1. The second-order valence-electron chi connectivity index (χ2n) is 7.56. The van der Waals surface area contributed by atoms with E-state index in [1.165, 1.54) is 16.4 Å². The lowest BCUT2D eigenvalue weighted by atomic mass is 9.98. The van der Waals surface area contributed by atoms with Crippen LogP contribution in [0.3, 0.4) is 0 Å². The molecule has 3 aromatic rings. The molecule has 32 heavy (non-hydrogen) atoms. The summed E-state index contributed by atoms with van der Waals surface area (Å²) in [4.78, 5) is 13.2. The van der Waals surface area contributed by atoms with Crippen molar-refractivity contribution < 1.29 is 17.9 Å². The van der Waals surface area contributed by atoms with E-state index in [-0.39, 0.29) is 17.3 Å². The molecule has 1 heterocycles. The molecule has 1 atom stereocenters. The summed E-state index contributed by atoms with van der Waals surface area (Å²) < 4.78 is 33.3. The van der Waals surface area contributed by atoms with Crippen LogP contribution in [0.15, 0.2) is 83.8 Å². The summed E-state index contributed by atoms with van der Waals surface area (Å²) in [6.45, 7) is 0.501. The highest BCUT2D eigenvalue weighted by Crippen LogP contribution is 2.31. The van der Waals surface area contributed by atoms with E-state index >= 15 is 0 Å². The van der Waals surface area contributed by atoms with Crippen molar-refractivity contribution in [2.45, 2.75) is 17.7 Å². The van der Waals surface area contributed by atoms with Crippen LogP contribution in [0.5, 0.6) is 11.5 Å². The summed E-state index contributed by atoms with van der Waals surface area (Å²) in [6, 6.07) is 22.5. The fourth-order valence-corrected chi connectivity index (χ4v) is 5.29. The predicted molar refractivity (Wildman–Crippen MR) is 125 cm³/mol. The lowest BCUT2D eigenvalue weighted by Crippen LogP contribution is -2.43. The van der Waals surface area contributed by atoms with Gasteiger partial charge in [0.25, 0.3) is 0 Å². The first kappa shape index (κ1) is 22.3. The van der Waals surface area contributed by atoms with E-state index in [4.69, 9.17) is 16.3 Å². The number of halogens is 1. The molecule has 0 aliphatic carbocycles. The molecule has 166 valence electrons. The zero-order valence-corrected chi connectivity index (χ0v) is 18.9. The van der Waals surface area contributed by atoms with Gasteiger partial charge in [0.1, 0.15) is 5.75 Å². The Morgan fingerprint density at radius 3 is 2.41 bits per heavy atom. The molecule has 1 saturated heterocycles. The van der Waals surface area contributed by atoms with Crippen LogP contribution in [-0.4, -0.2) is 31.7 Å². The zero-order chi connectivity index (χ0) is 22.6. The van der Waals surface area contributed by atoms with E-state index in [9.17, 15) is 13.2 Å². The molecule has 6 nitrogen and oxygen atoms in total. The Hall–Kier alpha value is -2.87. The Balaban J connectivity index is 1.47. The minimum atomic E-state index is -3.70. The average Bonchev–Trinajstić information content (AvgIpc) is 2.81. The molecule has 0 unspecified atom stereocenters. The maximum atomic E-state index is 13.0. The van der Waals surface area contributed by atoms with Crippen LogP contribution in [0, 0.1) is 5.92 Å². The van der Waals surface area contributed by atoms with Crippen LogP contribution < -0.4 is 10.1 Å². The van der Waals surface area contributed by atoms with Gasteiger partial charge in [-0.25, -0.2) is 8.42 Å². The van der Waals surface area contributed by atoms with Gasteiger partial charge in [-0.2, -0.15) is 4.31 Å². The monoisotopic (exact) mass is 470 g/mol. The molecule has 1 amide bonds. The number of carbonyl (C=O) groups excluding carboxylic acids is 1. The van der Waals surface area contributed by atoms with Gasteiger partial charge in [-0.05, 0) is 61.4 Å². The van der Waals surface area contributed by atoms with Gasteiger partial charge < -0.3 is 10.1 Å². The molecular formula is C24H23ClN2O4S. The number of amides is 1. The van der Waals surface area contributed by atoms with Crippen LogP contribution in [0.25, 0.3) is 0 Å². The van der Waals surface area contributed by atoms with Crippen molar-refractivity contribution in [3.05, 3.63) is 83.9 Å². The molecule has 0 radical (unpaired) electrons. The third-order valence-corrected chi connectivity index (χ3v) is 7.45. The molecule has 0 aromatic heterocycles. The number of ether oxygens (including phenoxy) is 1. The molecule has 1 fully saturated rings. The smallest absolute Gasteiger partial charge is 0.243 e. The third kappa shape index (κ3) is 5.12. The van der Waals surface area contributed by atoms with E-state index in [2.05, 4.69) is 5.32 Å². The number of piperidine rings is 1. The summed E-state index contributed by atoms with van der Waals surface area (Å²) in [5.41, 5.74) is 0.541. The number of anilines is 1. The van der Waals surface area contributed by atoms with Crippen molar-refractivity contribution in [3.8, 4) is 11.5 Å². The quantitative estimate of drug-likeness (QED) is 0.539. The number of hydrogen-bond acceptors (Lipinski definition) is 4. The van der Waals surface area contributed by atoms with Crippen LogP contribution >= 0.6 is 11.6 Å². The fraction of sp³-hybridized carbons (Fsp3) is 0.208. The van der Waals surface area contributed by atoms with Crippen molar-refractivity contribution in [2.24, 2.45) is 5.92 Å². The summed E-state index contributed by atoms with van der Waals surface area (Å²) in [7, 11) is -3.70. The number of benzene rings is 3. The van der Waals surface area contributed by atoms with Gasteiger partial charge in [-0.1, -0.05) is 41.9 Å². The summed E-state index contributed by atoms with van der Waals surface area (Å²) in [5, 5.41) is 3.39. The van der Waals surface area contributed by atoms with Crippen molar-refractivity contribution in [3.63, 3.8) is 0 Å². The molecule has 1 aliphatic heterocycles. The highest BCUT2D eigenvalue weighted by molar-refractivity contribution is 7.89. The normalized spacial score (nSPS) is 17.0. The van der Waals surface area contributed by atoms with Gasteiger partial charge in [0.15, 0.2) is 5.75 Å². The van der Waals surface area contributed by atoms with Crippen LogP contribution in [0.1, 0.15) is 12.8 Å². The van der Waals surface area contributed by atoms with Crippen LogP contribution in [0.4, 0.5) is 5.69 Å². The maximum Gasteiger partial charge on any atom is 0.243 e. The van der Waals surface area contributed by atoms with Crippen molar-refractivity contribution in [1.29, 1.82) is 0 Å². The van der Waals surface area contributed by atoms with Gasteiger partial charge in [-0.3, -0.25) is 4.79 Å². The van der Waals surface area contributed by atoms with Crippen molar-refractivity contribution in [1.82, 2.24) is 4.31 Å². The van der Waals surface area contributed by atoms with Gasteiger partial charge in [-0.15, -0.1) is 0 Å². The molecule has 3 aromatic carbocycles. The highest BCUT2D eigenvalue weighted by atomic mass is 35.5. The van der Waals surface area contributed by atoms with E-state index < -0.39 is 15.9 Å². The largest absolute Gasteiger partial charge is 0.455 e. The third-order valence-electron chi connectivity index (χ3n) is 5.32. The molecule has 1 N–H and O–H groups in total. The molecule has 4 rings (SSSR count). The molecule has 1 aliphatic rings. The molecule has 0 bridgehead atoms. The van der Waals surface area contributed by atoms with Gasteiger partial charge in [0, 0.05) is 18.1 Å². The number of para-hydroxylation sites is 3. The minimum Gasteiger partial charge on any atom is -0.455 e.